The number of aromatic nitrogens is 2. The zero-order chi connectivity index (χ0) is 11.4. The molecule has 2 rings (SSSR count). The van der Waals surface area contributed by atoms with Crippen molar-refractivity contribution in [3.63, 3.8) is 0 Å². The maximum Gasteiger partial charge on any atom is 0.174 e. The highest BCUT2D eigenvalue weighted by Crippen LogP contribution is 2.20. The molecule has 5 heteroatoms. The third-order valence-corrected chi connectivity index (χ3v) is 3.87. The molecule has 1 aromatic carbocycles. The number of rotatable bonds is 4. The Bertz CT molecular complexity index is 482. The molecular weight excluding hydrogens is 240 g/mol. The predicted octanol–water partition coefficient (Wildman–Crippen LogP) is 2.82. The van der Waals surface area contributed by atoms with Gasteiger partial charge in [-0.2, -0.15) is 0 Å². The lowest BCUT2D eigenvalue weighted by Gasteiger charge is -2.00. The summed E-state index contributed by atoms with van der Waals surface area (Å²) in [7, 11) is 0. The molecule has 1 heterocycles. The molecule has 82 valence electrons. The van der Waals surface area contributed by atoms with Gasteiger partial charge in [-0.3, -0.25) is 4.79 Å². The summed E-state index contributed by atoms with van der Waals surface area (Å²) in [6, 6.07) is 7.63. The molecule has 0 saturated carbocycles. The zero-order valence-electron chi connectivity index (χ0n) is 8.71. The zero-order valence-corrected chi connectivity index (χ0v) is 10.3. The van der Waals surface area contributed by atoms with Crippen molar-refractivity contribution in [3.05, 3.63) is 40.9 Å². The van der Waals surface area contributed by atoms with E-state index in [9.17, 15) is 4.79 Å². The molecule has 1 aromatic heterocycles. The summed E-state index contributed by atoms with van der Waals surface area (Å²) >= 11 is 2.88. The first-order valence-corrected chi connectivity index (χ1v) is 6.61. The quantitative estimate of drug-likeness (QED) is 0.618. The molecule has 16 heavy (non-hydrogen) atoms. The summed E-state index contributed by atoms with van der Waals surface area (Å²) in [5, 5.41) is 7.60. The van der Waals surface area contributed by atoms with Gasteiger partial charge in [0, 0.05) is 5.56 Å². The van der Waals surface area contributed by atoms with E-state index >= 15 is 0 Å². The second-order valence-corrected chi connectivity index (χ2v) is 5.34. The van der Waals surface area contributed by atoms with Gasteiger partial charge in [-0.1, -0.05) is 46.9 Å². The van der Waals surface area contributed by atoms with Crippen molar-refractivity contribution in [2.45, 2.75) is 11.3 Å². The largest absolute Gasteiger partial charge is 0.293 e. The summed E-state index contributed by atoms with van der Waals surface area (Å²) in [6.07, 6.45) is 0. The summed E-state index contributed by atoms with van der Waals surface area (Å²) in [6.45, 7) is 1.98. The van der Waals surface area contributed by atoms with Gasteiger partial charge in [-0.15, -0.1) is 10.2 Å². The van der Waals surface area contributed by atoms with Gasteiger partial charge >= 0.3 is 0 Å². The Hall–Kier alpha value is -1.20. The van der Waals surface area contributed by atoms with Crippen LogP contribution >= 0.6 is 23.1 Å². The van der Waals surface area contributed by atoms with Crippen molar-refractivity contribution in [2.24, 2.45) is 0 Å². The molecule has 0 amide bonds. The van der Waals surface area contributed by atoms with E-state index in [-0.39, 0.29) is 5.78 Å². The van der Waals surface area contributed by atoms with Crippen LogP contribution in [0, 0.1) is 6.92 Å². The van der Waals surface area contributed by atoms with Gasteiger partial charge in [0.25, 0.3) is 0 Å². The molecule has 0 N–H and O–H groups in total. The van der Waals surface area contributed by atoms with E-state index < -0.39 is 0 Å². The van der Waals surface area contributed by atoms with Crippen LogP contribution in [-0.4, -0.2) is 21.7 Å². The Morgan fingerprint density at radius 3 is 3.06 bits per heavy atom. The maximum absolute atomic E-state index is 11.8. The molecule has 0 spiro atoms. The molecule has 0 fully saturated rings. The van der Waals surface area contributed by atoms with Crippen molar-refractivity contribution in [2.75, 3.05) is 5.75 Å². The summed E-state index contributed by atoms with van der Waals surface area (Å²) < 4.78 is 0.834. The summed E-state index contributed by atoms with van der Waals surface area (Å²) in [5.74, 6) is 0.544. The lowest BCUT2D eigenvalue weighted by Crippen LogP contribution is -2.02. The van der Waals surface area contributed by atoms with Crippen molar-refractivity contribution in [1.82, 2.24) is 10.2 Å². The monoisotopic (exact) mass is 250 g/mol. The molecule has 0 atom stereocenters. The van der Waals surface area contributed by atoms with E-state index in [0.717, 1.165) is 15.5 Å². The summed E-state index contributed by atoms with van der Waals surface area (Å²) in [4.78, 5) is 11.8. The molecule has 0 unspecified atom stereocenters. The summed E-state index contributed by atoms with van der Waals surface area (Å²) in [5.41, 5.74) is 3.53. The van der Waals surface area contributed by atoms with Crippen LogP contribution < -0.4 is 0 Å². The van der Waals surface area contributed by atoms with Gasteiger partial charge in [0.1, 0.15) is 5.51 Å². The highest BCUT2D eigenvalue weighted by atomic mass is 32.2. The van der Waals surface area contributed by atoms with E-state index in [1.54, 1.807) is 5.51 Å². The fourth-order valence-electron chi connectivity index (χ4n) is 1.25. The standard InChI is InChI=1S/C11H10N2OS2/c1-8-3-2-4-9(5-8)10(14)6-15-11-13-12-7-16-11/h2-5,7H,6H2,1H3. The fourth-order valence-corrected chi connectivity index (χ4v) is 2.64. The highest BCUT2D eigenvalue weighted by Gasteiger charge is 2.07. The second kappa shape index (κ2) is 5.23. The number of aryl methyl sites for hydroxylation is 1. The van der Waals surface area contributed by atoms with E-state index in [0.29, 0.717) is 5.75 Å². The molecule has 0 bridgehead atoms. The minimum atomic E-state index is 0.129. The maximum atomic E-state index is 11.8. The molecule has 0 radical (unpaired) electrons. The van der Waals surface area contributed by atoms with Crippen LogP contribution in [0.5, 0.6) is 0 Å². The highest BCUT2D eigenvalue weighted by molar-refractivity contribution is 8.01. The van der Waals surface area contributed by atoms with Crippen molar-refractivity contribution in [3.8, 4) is 0 Å². The Balaban J connectivity index is 1.98. The minimum absolute atomic E-state index is 0.129. The molecule has 0 aliphatic carbocycles. The van der Waals surface area contributed by atoms with Crippen LogP contribution in [0.15, 0.2) is 34.1 Å². The molecule has 2 aromatic rings. The minimum Gasteiger partial charge on any atom is -0.293 e. The Morgan fingerprint density at radius 1 is 1.50 bits per heavy atom. The van der Waals surface area contributed by atoms with Gasteiger partial charge in [-0.05, 0) is 13.0 Å². The lowest BCUT2D eigenvalue weighted by atomic mass is 10.1. The number of carbonyl (C=O) groups is 1. The van der Waals surface area contributed by atoms with Crippen molar-refractivity contribution in [1.29, 1.82) is 0 Å². The van der Waals surface area contributed by atoms with Crippen molar-refractivity contribution >= 4 is 28.9 Å². The van der Waals surface area contributed by atoms with E-state index in [1.807, 2.05) is 31.2 Å². The first-order valence-electron chi connectivity index (χ1n) is 4.74. The smallest absolute Gasteiger partial charge is 0.174 e. The van der Waals surface area contributed by atoms with Crippen LogP contribution in [-0.2, 0) is 0 Å². The Morgan fingerprint density at radius 2 is 2.38 bits per heavy atom. The number of hydrogen-bond donors (Lipinski definition) is 0. The Labute approximate surface area is 102 Å². The SMILES string of the molecule is Cc1cccc(C(=O)CSc2nncs2)c1. The molecule has 0 aliphatic rings. The van der Waals surface area contributed by atoms with Crippen LogP contribution in [0.25, 0.3) is 0 Å². The topological polar surface area (TPSA) is 42.9 Å². The first-order chi connectivity index (χ1) is 7.75. The van der Waals surface area contributed by atoms with E-state index in [2.05, 4.69) is 10.2 Å². The van der Waals surface area contributed by atoms with Crippen LogP contribution in [0.3, 0.4) is 0 Å². The number of ketones is 1. The third-order valence-electron chi connectivity index (χ3n) is 2.01. The number of hydrogen-bond acceptors (Lipinski definition) is 5. The van der Waals surface area contributed by atoms with Crippen LogP contribution in [0.4, 0.5) is 0 Å². The van der Waals surface area contributed by atoms with Gasteiger partial charge in [0.2, 0.25) is 0 Å². The number of thioether (sulfide) groups is 1. The number of Topliss-reactive ketones (excluding diaryl/α,β-unsaturated/α-hetero) is 1. The third kappa shape index (κ3) is 2.90. The Kier molecular flexibility index (Phi) is 3.69. The van der Waals surface area contributed by atoms with Crippen LogP contribution in [0.2, 0.25) is 0 Å². The molecular formula is C11H10N2OS2. The van der Waals surface area contributed by atoms with E-state index in [1.165, 1.54) is 23.1 Å². The number of nitrogens with zero attached hydrogens (tertiary/aromatic N) is 2. The van der Waals surface area contributed by atoms with Crippen molar-refractivity contribution < 1.29 is 4.79 Å². The predicted molar refractivity (Wildman–Crippen MR) is 66.1 cm³/mol. The van der Waals surface area contributed by atoms with E-state index in [4.69, 9.17) is 0 Å². The van der Waals surface area contributed by atoms with Crippen LogP contribution in [0.1, 0.15) is 15.9 Å². The lowest BCUT2D eigenvalue weighted by molar-refractivity contribution is 0.102. The number of carbonyl (C=O) groups excluding carboxylic acids is 1. The number of benzene rings is 1. The molecule has 0 aliphatic heterocycles. The molecule has 3 nitrogen and oxygen atoms in total. The molecule has 0 saturated heterocycles. The normalized spacial score (nSPS) is 10.3. The average Bonchev–Trinajstić information content (AvgIpc) is 2.78. The first kappa shape index (κ1) is 11.3. The fraction of sp³-hybridized carbons (Fsp3) is 0.182. The van der Waals surface area contributed by atoms with Gasteiger partial charge < -0.3 is 0 Å². The average molecular weight is 250 g/mol. The van der Waals surface area contributed by atoms with Gasteiger partial charge in [0.15, 0.2) is 10.1 Å². The van der Waals surface area contributed by atoms with Gasteiger partial charge in [-0.25, -0.2) is 0 Å². The van der Waals surface area contributed by atoms with Gasteiger partial charge in [0.05, 0.1) is 5.75 Å². The second-order valence-electron chi connectivity index (χ2n) is 3.29.